The number of nitrogens with one attached hydrogen (secondary N) is 1. The first-order valence-corrected chi connectivity index (χ1v) is 8.67. The quantitative estimate of drug-likeness (QED) is 0.468. The van der Waals surface area contributed by atoms with Gasteiger partial charge in [-0.25, -0.2) is 13.2 Å². The van der Waals surface area contributed by atoms with Crippen molar-refractivity contribution >= 4 is 38.7 Å². The number of carbonyl (C=O) groups is 1. The van der Waals surface area contributed by atoms with Gasteiger partial charge >= 0.3 is 5.97 Å². The van der Waals surface area contributed by atoms with Gasteiger partial charge in [0.15, 0.2) is 0 Å². The number of rotatable bonds is 6. The molecule has 0 saturated carbocycles. The van der Waals surface area contributed by atoms with Gasteiger partial charge in [-0.3, -0.25) is 14.8 Å². The first-order valence-electron chi connectivity index (χ1n) is 6.31. The number of hydrogen-bond donors (Lipinski definition) is 1. The third-order valence-corrected chi connectivity index (χ3v) is 5.21. The Hall–Kier alpha value is -2.66. The van der Waals surface area contributed by atoms with Crippen LogP contribution in [0.5, 0.6) is 5.75 Å². The molecule has 0 fully saturated rings. The van der Waals surface area contributed by atoms with Crippen molar-refractivity contribution in [2.45, 2.75) is 4.90 Å². The van der Waals surface area contributed by atoms with Gasteiger partial charge in [-0.1, -0.05) is 0 Å². The SMILES string of the molecule is COC(=O)c1sccc1NS(=O)(=O)c1cc([N+](=O)[O-])ccc1OC. The zero-order valence-electron chi connectivity index (χ0n) is 12.5. The first kappa shape index (κ1) is 17.7. The topological polar surface area (TPSA) is 125 Å². The molecule has 0 spiro atoms. The van der Waals surface area contributed by atoms with Crippen LogP contribution < -0.4 is 9.46 Å². The molecule has 0 aliphatic carbocycles. The maximum absolute atomic E-state index is 12.6. The number of thiophene rings is 1. The number of carbonyl (C=O) groups excluding carboxylic acids is 1. The zero-order valence-corrected chi connectivity index (χ0v) is 14.1. The monoisotopic (exact) mass is 372 g/mol. The van der Waals surface area contributed by atoms with Crippen LogP contribution >= 0.6 is 11.3 Å². The average Bonchev–Trinajstić information content (AvgIpc) is 3.00. The van der Waals surface area contributed by atoms with Crippen LogP contribution in [0.4, 0.5) is 11.4 Å². The Morgan fingerprint density at radius 3 is 2.58 bits per heavy atom. The number of hydrogen-bond acceptors (Lipinski definition) is 8. The van der Waals surface area contributed by atoms with Crippen LogP contribution in [0.2, 0.25) is 0 Å². The summed E-state index contributed by atoms with van der Waals surface area (Å²) < 4.78 is 36.9. The van der Waals surface area contributed by atoms with Gasteiger partial charge in [-0.15, -0.1) is 11.3 Å². The molecule has 128 valence electrons. The van der Waals surface area contributed by atoms with Crippen molar-refractivity contribution < 1.29 is 27.6 Å². The highest BCUT2D eigenvalue weighted by Crippen LogP contribution is 2.31. The van der Waals surface area contributed by atoms with Crippen molar-refractivity contribution in [1.29, 1.82) is 0 Å². The Labute approximate surface area is 141 Å². The molecule has 0 radical (unpaired) electrons. The standard InChI is InChI=1S/C13H12N2O7S2/c1-21-10-4-3-8(15(17)18)7-11(10)24(19,20)14-9-5-6-23-12(9)13(16)22-2/h3-7,14H,1-2H3. The lowest BCUT2D eigenvalue weighted by Crippen LogP contribution is -2.16. The van der Waals surface area contributed by atoms with E-state index in [0.717, 1.165) is 23.5 Å². The van der Waals surface area contributed by atoms with Gasteiger partial charge < -0.3 is 9.47 Å². The molecule has 0 saturated heterocycles. The van der Waals surface area contributed by atoms with Crippen molar-refractivity contribution in [2.24, 2.45) is 0 Å². The van der Waals surface area contributed by atoms with Crippen molar-refractivity contribution in [2.75, 3.05) is 18.9 Å². The van der Waals surface area contributed by atoms with E-state index in [1.54, 1.807) is 0 Å². The average molecular weight is 372 g/mol. The summed E-state index contributed by atoms with van der Waals surface area (Å²) in [5, 5.41) is 12.4. The molecule has 9 nitrogen and oxygen atoms in total. The smallest absolute Gasteiger partial charge is 0.350 e. The highest BCUT2D eigenvalue weighted by molar-refractivity contribution is 7.92. The third-order valence-electron chi connectivity index (χ3n) is 2.93. The lowest BCUT2D eigenvalue weighted by molar-refractivity contribution is -0.385. The predicted octanol–water partition coefficient (Wildman–Crippen LogP) is 2.25. The van der Waals surface area contributed by atoms with Crippen LogP contribution in [-0.2, 0) is 14.8 Å². The largest absolute Gasteiger partial charge is 0.495 e. The Morgan fingerprint density at radius 1 is 1.29 bits per heavy atom. The number of anilines is 1. The highest BCUT2D eigenvalue weighted by Gasteiger charge is 2.25. The van der Waals surface area contributed by atoms with E-state index in [9.17, 15) is 23.3 Å². The Balaban J connectivity index is 2.48. The summed E-state index contributed by atoms with van der Waals surface area (Å²) in [5.74, 6) is -0.767. The van der Waals surface area contributed by atoms with E-state index in [-0.39, 0.29) is 16.3 Å². The fraction of sp³-hybridized carbons (Fsp3) is 0.154. The second kappa shape index (κ2) is 6.84. The van der Waals surface area contributed by atoms with Gasteiger partial charge in [0, 0.05) is 12.1 Å². The zero-order chi connectivity index (χ0) is 17.9. The number of ether oxygens (including phenoxy) is 2. The number of non-ortho nitro benzene ring substituents is 1. The van der Waals surface area contributed by atoms with E-state index in [1.807, 2.05) is 0 Å². The molecule has 24 heavy (non-hydrogen) atoms. The minimum atomic E-state index is -4.23. The molecule has 0 bridgehead atoms. The Kier molecular flexibility index (Phi) is 5.04. The minimum absolute atomic E-state index is 0.0143. The van der Waals surface area contributed by atoms with Crippen molar-refractivity contribution in [3.63, 3.8) is 0 Å². The minimum Gasteiger partial charge on any atom is -0.495 e. The number of esters is 1. The fourth-order valence-electron chi connectivity index (χ4n) is 1.83. The summed E-state index contributed by atoms with van der Waals surface area (Å²) >= 11 is 0.995. The maximum atomic E-state index is 12.6. The number of nitro benzene ring substituents is 1. The molecule has 2 rings (SSSR count). The van der Waals surface area contributed by atoms with Crippen LogP contribution in [0, 0.1) is 10.1 Å². The highest BCUT2D eigenvalue weighted by atomic mass is 32.2. The Morgan fingerprint density at radius 2 is 2.00 bits per heavy atom. The molecular formula is C13H12N2O7S2. The molecule has 1 N–H and O–H groups in total. The van der Waals surface area contributed by atoms with Gasteiger partial charge in [0.05, 0.1) is 24.8 Å². The molecule has 0 amide bonds. The summed E-state index contributed by atoms with van der Waals surface area (Å²) in [6.07, 6.45) is 0. The first-order chi connectivity index (χ1) is 11.3. The lowest BCUT2D eigenvalue weighted by atomic mass is 10.3. The van der Waals surface area contributed by atoms with E-state index in [4.69, 9.17) is 4.74 Å². The Bertz CT molecular complexity index is 889. The van der Waals surface area contributed by atoms with E-state index in [2.05, 4.69) is 9.46 Å². The van der Waals surface area contributed by atoms with Crippen LogP contribution in [0.3, 0.4) is 0 Å². The van der Waals surface area contributed by atoms with Crippen molar-refractivity contribution in [1.82, 2.24) is 0 Å². The van der Waals surface area contributed by atoms with Crippen molar-refractivity contribution in [3.05, 3.63) is 44.6 Å². The van der Waals surface area contributed by atoms with Crippen molar-refractivity contribution in [3.8, 4) is 5.75 Å². The number of benzene rings is 1. The third kappa shape index (κ3) is 3.46. The predicted molar refractivity (Wildman–Crippen MR) is 86.1 cm³/mol. The summed E-state index contributed by atoms with van der Waals surface area (Å²) in [4.78, 5) is 21.4. The van der Waals surface area contributed by atoms with Crippen LogP contribution in [0.15, 0.2) is 34.5 Å². The second-order valence-electron chi connectivity index (χ2n) is 4.35. The summed E-state index contributed by atoms with van der Waals surface area (Å²) in [5.41, 5.74) is -0.393. The maximum Gasteiger partial charge on any atom is 0.350 e. The van der Waals surface area contributed by atoms with Crippen LogP contribution in [-0.4, -0.2) is 33.5 Å². The van der Waals surface area contributed by atoms with Gasteiger partial charge in [0.2, 0.25) is 0 Å². The molecule has 0 atom stereocenters. The summed E-state index contributed by atoms with van der Waals surface area (Å²) in [6, 6.07) is 4.58. The van der Waals surface area contributed by atoms with Crippen LogP contribution in [0.25, 0.3) is 0 Å². The van der Waals surface area contributed by atoms with Gasteiger partial charge in [-0.05, 0) is 17.5 Å². The molecule has 1 heterocycles. The van der Waals surface area contributed by atoms with Crippen LogP contribution in [0.1, 0.15) is 9.67 Å². The van der Waals surface area contributed by atoms with E-state index in [0.29, 0.717) is 0 Å². The van der Waals surface area contributed by atoms with E-state index in [1.165, 1.54) is 31.7 Å². The molecule has 0 aliphatic rings. The molecule has 0 unspecified atom stereocenters. The fourth-order valence-corrected chi connectivity index (χ4v) is 3.92. The summed E-state index contributed by atoms with van der Waals surface area (Å²) in [6.45, 7) is 0. The molecule has 1 aromatic carbocycles. The number of sulfonamides is 1. The molecule has 1 aromatic heterocycles. The molecular weight excluding hydrogens is 360 g/mol. The van der Waals surface area contributed by atoms with Gasteiger partial charge in [0.1, 0.15) is 15.5 Å². The van der Waals surface area contributed by atoms with E-state index < -0.39 is 31.5 Å². The van der Waals surface area contributed by atoms with Gasteiger partial charge in [-0.2, -0.15) is 0 Å². The normalized spacial score (nSPS) is 10.9. The van der Waals surface area contributed by atoms with E-state index >= 15 is 0 Å². The number of nitro groups is 1. The molecule has 2 aromatic rings. The number of nitrogens with zero attached hydrogens (tertiary/aromatic N) is 1. The lowest BCUT2D eigenvalue weighted by Gasteiger charge is -2.11. The second-order valence-corrected chi connectivity index (χ2v) is 6.92. The molecule has 11 heteroatoms. The van der Waals surface area contributed by atoms with Gasteiger partial charge in [0.25, 0.3) is 15.7 Å². The molecule has 0 aliphatic heterocycles. The summed E-state index contributed by atoms with van der Waals surface area (Å²) in [7, 11) is -1.82. The number of methoxy groups -OCH3 is 2.